The van der Waals surface area contributed by atoms with Gasteiger partial charge in [0.05, 0.1) is 11.3 Å². The fourth-order valence-corrected chi connectivity index (χ4v) is 6.63. The monoisotopic (exact) mass is 524 g/mol. The molecule has 0 fully saturated rings. The van der Waals surface area contributed by atoms with Gasteiger partial charge in [-0.15, -0.1) is 11.3 Å². The van der Waals surface area contributed by atoms with Gasteiger partial charge in [0.15, 0.2) is 0 Å². The molecule has 36 heavy (non-hydrogen) atoms. The van der Waals surface area contributed by atoms with Crippen molar-refractivity contribution in [3.05, 3.63) is 82.4 Å². The van der Waals surface area contributed by atoms with E-state index < -0.39 is 16.0 Å². The van der Waals surface area contributed by atoms with E-state index >= 15 is 0 Å². The van der Waals surface area contributed by atoms with Crippen molar-refractivity contribution >= 4 is 43.8 Å². The molecule has 3 aromatic carbocycles. The highest BCUT2D eigenvalue weighted by atomic mass is 32.2. The summed E-state index contributed by atoms with van der Waals surface area (Å²) < 4.78 is 35.2. The second-order valence-electron chi connectivity index (χ2n) is 9.09. The first kappa shape index (κ1) is 25.7. The zero-order valence-corrected chi connectivity index (χ0v) is 22.2. The molecule has 0 unspecified atom stereocenters. The van der Waals surface area contributed by atoms with Crippen molar-refractivity contribution in [2.75, 3.05) is 10.8 Å². The van der Waals surface area contributed by atoms with E-state index in [0.717, 1.165) is 33.2 Å². The molecule has 0 saturated heterocycles. The summed E-state index contributed by atoms with van der Waals surface area (Å²) in [7, 11) is -3.93. The normalized spacial score (nSPS) is 11.7. The Kier molecular flexibility index (Phi) is 7.33. The fraction of sp³-hybridized carbons (Fsp3) is 0.259. The van der Waals surface area contributed by atoms with Gasteiger partial charge < -0.3 is 9.84 Å². The van der Waals surface area contributed by atoms with Crippen LogP contribution >= 0.6 is 11.3 Å². The number of carbonyl (C=O) groups is 1. The second-order valence-corrected chi connectivity index (χ2v) is 12.0. The van der Waals surface area contributed by atoms with Crippen molar-refractivity contribution in [3.63, 3.8) is 0 Å². The van der Waals surface area contributed by atoms with E-state index in [1.807, 2.05) is 57.2 Å². The lowest BCUT2D eigenvalue weighted by atomic mass is 10.1. The van der Waals surface area contributed by atoms with E-state index in [-0.39, 0.29) is 29.0 Å². The Hall–Kier alpha value is -3.43. The largest absolute Gasteiger partial charge is 0.487 e. The summed E-state index contributed by atoms with van der Waals surface area (Å²) in [6.45, 7) is 7.93. The minimum Gasteiger partial charge on any atom is -0.487 e. The van der Waals surface area contributed by atoms with Gasteiger partial charge in [-0.1, -0.05) is 44.2 Å². The lowest BCUT2D eigenvalue weighted by Crippen LogP contribution is -2.34. The first-order valence-corrected chi connectivity index (χ1v) is 13.8. The predicted molar refractivity (Wildman–Crippen MR) is 143 cm³/mol. The number of ether oxygens (including phenoxy) is 1. The Labute approximate surface area is 215 Å². The SMILES string of the molecule is Cc1csc(S(=O)(=O)N(CC(C)C)c2cc3ccccc3cc2OCc2ccc(C(=O)O)cc2C)n1. The highest BCUT2D eigenvalue weighted by Crippen LogP contribution is 2.38. The maximum Gasteiger partial charge on any atom is 0.335 e. The summed E-state index contributed by atoms with van der Waals surface area (Å²) in [6.07, 6.45) is 0. The molecule has 0 aliphatic carbocycles. The second kappa shape index (κ2) is 10.3. The van der Waals surface area contributed by atoms with Gasteiger partial charge >= 0.3 is 5.97 Å². The molecule has 1 aromatic heterocycles. The minimum atomic E-state index is -3.93. The van der Waals surface area contributed by atoms with Gasteiger partial charge in [0.1, 0.15) is 12.4 Å². The summed E-state index contributed by atoms with van der Waals surface area (Å²) in [4.78, 5) is 15.5. The number of sulfonamides is 1. The molecule has 9 heteroatoms. The zero-order chi connectivity index (χ0) is 26.0. The fourth-order valence-electron chi connectivity index (χ4n) is 3.87. The van der Waals surface area contributed by atoms with Gasteiger partial charge in [0.2, 0.25) is 4.34 Å². The Bertz CT molecular complexity index is 1530. The maximum atomic E-state index is 13.8. The van der Waals surface area contributed by atoms with Crippen molar-refractivity contribution in [2.24, 2.45) is 5.92 Å². The molecule has 0 amide bonds. The maximum absolute atomic E-state index is 13.8. The lowest BCUT2D eigenvalue weighted by Gasteiger charge is -2.27. The third kappa shape index (κ3) is 5.37. The van der Waals surface area contributed by atoms with Crippen LogP contribution in [0.4, 0.5) is 5.69 Å². The van der Waals surface area contributed by atoms with Gasteiger partial charge in [0, 0.05) is 17.6 Å². The van der Waals surface area contributed by atoms with Crippen LogP contribution < -0.4 is 9.04 Å². The smallest absolute Gasteiger partial charge is 0.335 e. The summed E-state index contributed by atoms with van der Waals surface area (Å²) in [5.74, 6) is -0.520. The molecule has 0 spiro atoms. The molecule has 4 rings (SSSR count). The Morgan fingerprint density at radius 2 is 1.78 bits per heavy atom. The number of aromatic carboxylic acids is 1. The Morgan fingerprint density at radius 3 is 2.36 bits per heavy atom. The third-order valence-corrected chi connectivity index (χ3v) is 8.84. The number of hydrogen-bond acceptors (Lipinski definition) is 6. The lowest BCUT2D eigenvalue weighted by molar-refractivity contribution is 0.0696. The number of aromatic nitrogens is 1. The standard InChI is InChI=1S/C27H28N2O5S2/c1-17(2)14-29(36(32,33)27-28-19(4)16-35-27)24-12-20-7-5-6-8-21(20)13-25(24)34-15-23-10-9-22(26(30)31)11-18(23)3/h5-13,16-17H,14-15H2,1-4H3,(H,30,31). The summed E-state index contributed by atoms with van der Waals surface area (Å²) in [6, 6.07) is 16.3. The average Bonchev–Trinajstić information content (AvgIpc) is 3.28. The topological polar surface area (TPSA) is 96.8 Å². The van der Waals surface area contributed by atoms with Crippen LogP contribution in [0.25, 0.3) is 10.8 Å². The van der Waals surface area contributed by atoms with Gasteiger partial charge in [-0.3, -0.25) is 4.31 Å². The van der Waals surface area contributed by atoms with Crippen molar-refractivity contribution in [2.45, 2.75) is 38.6 Å². The van der Waals surface area contributed by atoms with E-state index in [4.69, 9.17) is 4.74 Å². The molecule has 0 radical (unpaired) electrons. The number of carboxylic acids is 1. The molecule has 4 aromatic rings. The van der Waals surface area contributed by atoms with Crippen LogP contribution in [0, 0.1) is 19.8 Å². The van der Waals surface area contributed by atoms with Crippen LogP contribution in [-0.4, -0.2) is 31.0 Å². The summed E-state index contributed by atoms with van der Waals surface area (Å²) in [5.41, 5.74) is 2.89. The van der Waals surface area contributed by atoms with E-state index in [1.54, 1.807) is 24.4 Å². The summed E-state index contributed by atoms with van der Waals surface area (Å²) in [5, 5.41) is 12.8. The Morgan fingerprint density at radius 1 is 1.08 bits per heavy atom. The van der Waals surface area contributed by atoms with Crippen LogP contribution in [-0.2, 0) is 16.6 Å². The van der Waals surface area contributed by atoms with Crippen molar-refractivity contribution < 1.29 is 23.1 Å². The van der Waals surface area contributed by atoms with Crippen LogP contribution in [0.3, 0.4) is 0 Å². The molecule has 7 nitrogen and oxygen atoms in total. The van der Waals surface area contributed by atoms with Crippen molar-refractivity contribution in [3.8, 4) is 5.75 Å². The molecule has 1 N–H and O–H groups in total. The van der Waals surface area contributed by atoms with Crippen LogP contribution in [0.15, 0.2) is 64.3 Å². The van der Waals surface area contributed by atoms with Gasteiger partial charge in [-0.25, -0.2) is 9.78 Å². The van der Waals surface area contributed by atoms with Crippen LogP contribution in [0.2, 0.25) is 0 Å². The first-order chi connectivity index (χ1) is 17.1. The third-order valence-electron chi connectivity index (χ3n) is 5.71. The number of carboxylic acid groups (broad SMARTS) is 1. The average molecular weight is 525 g/mol. The predicted octanol–water partition coefficient (Wildman–Crippen LogP) is 6.04. The number of aryl methyl sites for hydroxylation is 2. The van der Waals surface area contributed by atoms with Crippen LogP contribution in [0.5, 0.6) is 5.75 Å². The molecule has 0 atom stereocenters. The van der Waals surface area contributed by atoms with E-state index in [2.05, 4.69) is 4.98 Å². The van der Waals surface area contributed by atoms with E-state index in [1.165, 1.54) is 10.4 Å². The molecule has 0 aliphatic heterocycles. The highest BCUT2D eigenvalue weighted by molar-refractivity contribution is 7.94. The van der Waals surface area contributed by atoms with Gasteiger partial charge in [0.25, 0.3) is 10.0 Å². The molecule has 188 valence electrons. The molecular formula is C27H28N2O5S2. The number of nitrogens with zero attached hydrogens (tertiary/aromatic N) is 2. The van der Waals surface area contributed by atoms with E-state index in [0.29, 0.717) is 17.1 Å². The van der Waals surface area contributed by atoms with Gasteiger partial charge in [-0.05, 0) is 65.9 Å². The molecule has 0 saturated carbocycles. The zero-order valence-electron chi connectivity index (χ0n) is 20.6. The summed E-state index contributed by atoms with van der Waals surface area (Å²) >= 11 is 1.10. The molecule has 1 heterocycles. The van der Waals surface area contributed by atoms with Gasteiger partial charge in [-0.2, -0.15) is 8.42 Å². The number of fused-ring (bicyclic) bond motifs is 1. The Balaban J connectivity index is 1.80. The van der Waals surface area contributed by atoms with E-state index in [9.17, 15) is 18.3 Å². The molecule has 0 bridgehead atoms. The molecule has 0 aliphatic rings. The number of rotatable bonds is 9. The number of benzene rings is 3. The number of hydrogen-bond donors (Lipinski definition) is 1. The molecular weight excluding hydrogens is 496 g/mol. The quantitative estimate of drug-likeness (QED) is 0.287. The first-order valence-electron chi connectivity index (χ1n) is 11.5. The van der Waals surface area contributed by atoms with Crippen LogP contribution in [0.1, 0.15) is 41.0 Å². The highest BCUT2D eigenvalue weighted by Gasteiger charge is 2.31. The van der Waals surface area contributed by atoms with Crippen molar-refractivity contribution in [1.82, 2.24) is 4.98 Å². The minimum absolute atomic E-state index is 0.0415. The number of thiazole rings is 1. The number of anilines is 1. The van der Waals surface area contributed by atoms with Crippen molar-refractivity contribution in [1.29, 1.82) is 0 Å².